The summed E-state index contributed by atoms with van der Waals surface area (Å²) in [6.45, 7) is 2.69. The van der Waals surface area contributed by atoms with E-state index in [1.165, 1.54) is 12.8 Å². The van der Waals surface area contributed by atoms with Gasteiger partial charge in [-0.15, -0.1) is 0 Å². The van der Waals surface area contributed by atoms with Crippen LogP contribution < -0.4 is 5.73 Å². The number of rotatable bonds is 3. The van der Waals surface area contributed by atoms with Crippen LogP contribution in [0.15, 0.2) is 0 Å². The van der Waals surface area contributed by atoms with Crippen LogP contribution in [0.25, 0.3) is 0 Å². The predicted octanol–water partition coefficient (Wildman–Crippen LogP) is -0.546. The molecule has 0 aromatic rings. The molecule has 1 unspecified atom stereocenters. The van der Waals surface area contributed by atoms with Crippen molar-refractivity contribution in [3.8, 4) is 0 Å². The predicted molar refractivity (Wildman–Crippen MR) is 55.8 cm³/mol. The molecule has 1 saturated carbocycles. The SMILES string of the molecule is NCC1CN(CC2CC2)CCS1(=O)=O. The van der Waals surface area contributed by atoms with E-state index in [-0.39, 0.29) is 11.8 Å². The minimum Gasteiger partial charge on any atom is -0.329 e. The van der Waals surface area contributed by atoms with Crippen molar-refractivity contribution in [1.82, 2.24) is 4.90 Å². The zero-order chi connectivity index (χ0) is 10.2. The summed E-state index contributed by atoms with van der Waals surface area (Å²) in [5.74, 6) is 1.12. The number of nitrogens with two attached hydrogens (primary N) is 1. The third-order valence-electron chi connectivity index (χ3n) is 3.14. The number of sulfone groups is 1. The second-order valence-corrected chi connectivity index (χ2v) is 6.83. The third-order valence-corrected chi connectivity index (χ3v) is 5.25. The highest BCUT2D eigenvalue weighted by molar-refractivity contribution is 7.92. The Balaban J connectivity index is 1.93. The second-order valence-electron chi connectivity index (χ2n) is 4.43. The molecule has 1 aliphatic carbocycles. The molecule has 1 heterocycles. The van der Waals surface area contributed by atoms with Crippen LogP contribution in [0.5, 0.6) is 0 Å². The van der Waals surface area contributed by atoms with Gasteiger partial charge >= 0.3 is 0 Å². The molecule has 82 valence electrons. The summed E-state index contributed by atoms with van der Waals surface area (Å²) in [5.41, 5.74) is 5.48. The maximum absolute atomic E-state index is 11.6. The molecule has 2 rings (SSSR count). The summed E-state index contributed by atoms with van der Waals surface area (Å²) < 4.78 is 23.1. The lowest BCUT2D eigenvalue weighted by Gasteiger charge is -2.31. The fraction of sp³-hybridized carbons (Fsp3) is 1.00. The summed E-state index contributed by atoms with van der Waals surface area (Å²) in [7, 11) is -2.89. The molecule has 0 radical (unpaired) electrons. The first-order valence-corrected chi connectivity index (χ1v) is 6.97. The van der Waals surface area contributed by atoms with Gasteiger partial charge in [-0.2, -0.15) is 0 Å². The van der Waals surface area contributed by atoms with Crippen molar-refractivity contribution in [2.24, 2.45) is 11.7 Å². The van der Waals surface area contributed by atoms with Gasteiger partial charge in [0.2, 0.25) is 0 Å². The van der Waals surface area contributed by atoms with E-state index in [2.05, 4.69) is 4.90 Å². The van der Waals surface area contributed by atoms with Crippen molar-refractivity contribution < 1.29 is 8.42 Å². The highest BCUT2D eigenvalue weighted by atomic mass is 32.2. The van der Waals surface area contributed by atoms with Gasteiger partial charge in [-0.3, -0.25) is 0 Å². The molecule has 0 bridgehead atoms. The Bertz CT molecular complexity index is 298. The Morgan fingerprint density at radius 2 is 2.07 bits per heavy atom. The molecule has 2 aliphatic rings. The quantitative estimate of drug-likeness (QED) is 0.690. The Kier molecular flexibility index (Phi) is 2.81. The summed E-state index contributed by atoms with van der Waals surface area (Å²) >= 11 is 0. The molecular weight excluding hydrogens is 200 g/mol. The molecule has 1 aliphatic heterocycles. The third kappa shape index (κ3) is 2.27. The smallest absolute Gasteiger partial charge is 0.156 e. The van der Waals surface area contributed by atoms with E-state index in [4.69, 9.17) is 5.73 Å². The lowest BCUT2D eigenvalue weighted by molar-refractivity contribution is 0.264. The van der Waals surface area contributed by atoms with E-state index >= 15 is 0 Å². The molecule has 4 nitrogen and oxygen atoms in total. The highest BCUT2D eigenvalue weighted by Gasteiger charge is 2.34. The molecule has 2 fully saturated rings. The topological polar surface area (TPSA) is 63.4 Å². The van der Waals surface area contributed by atoms with Crippen molar-refractivity contribution >= 4 is 9.84 Å². The molecule has 2 N–H and O–H groups in total. The molecular formula is C9H18N2O2S. The Morgan fingerprint density at radius 1 is 1.36 bits per heavy atom. The minimum absolute atomic E-state index is 0.267. The minimum atomic E-state index is -2.89. The van der Waals surface area contributed by atoms with Gasteiger partial charge in [0.05, 0.1) is 11.0 Å². The van der Waals surface area contributed by atoms with E-state index in [1.54, 1.807) is 0 Å². The van der Waals surface area contributed by atoms with Gasteiger partial charge in [0.25, 0.3) is 0 Å². The van der Waals surface area contributed by atoms with Gasteiger partial charge in [-0.1, -0.05) is 0 Å². The maximum atomic E-state index is 11.6. The molecule has 1 saturated heterocycles. The molecule has 0 spiro atoms. The van der Waals surface area contributed by atoms with Gasteiger partial charge < -0.3 is 10.6 Å². The first-order valence-electron chi connectivity index (χ1n) is 5.26. The Labute approximate surface area is 85.4 Å². The Hall–Kier alpha value is -0.130. The molecule has 0 amide bonds. The molecule has 0 aromatic heterocycles. The molecule has 0 aromatic carbocycles. The zero-order valence-corrected chi connectivity index (χ0v) is 9.17. The van der Waals surface area contributed by atoms with Crippen LogP contribution in [0.4, 0.5) is 0 Å². The van der Waals surface area contributed by atoms with Crippen molar-refractivity contribution in [1.29, 1.82) is 0 Å². The van der Waals surface area contributed by atoms with E-state index in [0.29, 0.717) is 18.8 Å². The van der Waals surface area contributed by atoms with Crippen molar-refractivity contribution in [3.05, 3.63) is 0 Å². The normalized spacial score (nSPS) is 33.1. The average molecular weight is 218 g/mol. The second kappa shape index (κ2) is 3.79. The summed E-state index contributed by atoms with van der Waals surface area (Å²) in [6.07, 6.45) is 2.63. The first kappa shape index (κ1) is 10.4. The van der Waals surface area contributed by atoms with E-state index in [0.717, 1.165) is 12.5 Å². The molecule has 5 heteroatoms. The standard InChI is InChI=1S/C9H18N2O2S/c10-5-9-7-11(6-8-1-2-8)3-4-14(9,12)13/h8-9H,1-7,10H2. The van der Waals surface area contributed by atoms with Gasteiger partial charge in [0.15, 0.2) is 9.84 Å². The van der Waals surface area contributed by atoms with Gasteiger partial charge in [0.1, 0.15) is 0 Å². The van der Waals surface area contributed by atoms with Gasteiger partial charge in [-0.25, -0.2) is 8.42 Å². The zero-order valence-electron chi connectivity index (χ0n) is 8.35. The van der Waals surface area contributed by atoms with E-state index < -0.39 is 9.84 Å². The van der Waals surface area contributed by atoms with Crippen molar-refractivity contribution in [2.45, 2.75) is 18.1 Å². The number of hydrogen-bond acceptors (Lipinski definition) is 4. The van der Waals surface area contributed by atoms with Crippen molar-refractivity contribution in [2.75, 3.05) is 31.9 Å². The largest absolute Gasteiger partial charge is 0.329 e. The van der Waals surface area contributed by atoms with Crippen LogP contribution in [-0.4, -0.2) is 50.5 Å². The highest BCUT2D eigenvalue weighted by Crippen LogP contribution is 2.30. The lowest BCUT2D eigenvalue weighted by Crippen LogP contribution is -2.50. The fourth-order valence-corrected chi connectivity index (χ4v) is 3.55. The van der Waals surface area contributed by atoms with Crippen LogP contribution in [-0.2, 0) is 9.84 Å². The van der Waals surface area contributed by atoms with Crippen LogP contribution in [0.1, 0.15) is 12.8 Å². The van der Waals surface area contributed by atoms with Crippen LogP contribution in [0, 0.1) is 5.92 Å². The van der Waals surface area contributed by atoms with Gasteiger partial charge in [-0.05, 0) is 18.8 Å². The maximum Gasteiger partial charge on any atom is 0.156 e. The first-order chi connectivity index (χ1) is 6.62. The monoisotopic (exact) mass is 218 g/mol. The fourth-order valence-electron chi connectivity index (χ4n) is 1.97. The Morgan fingerprint density at radius 3 is 2.64 bits per heavy atom. The van der Waals surface area contributed by atoms with Gasteiger partial charge in [0, 0.05) is 26.2 Å². The number of nitrogens with zero attached hydrogens (tertiary/aromatic N) is 1. The molecule has 14 heavy (non-hydrogen) atoms. The van der Waals surface area contributed by atoms with Crippen LogP contribution >= 0.6 is 0 Å². The van der Waals surface area contributed by atoms with E-state index in [9.17, 15) is 8.42 Å². The molecule has 1 atom stereocenters. The summed E-state index contributed by atoms with van der Waals surface area (Å²) in [5, 5.41) is -0.324. The summed E-state index contributed by atoms with van der Waals surface area (Å²) in [4.78, 5) is 2.26. The van der Waals surface area contributed by atoms with Crippen molar-refractivity contribution in [3.63, 3.8) is 0 Å². The number of hydrogen-bond donors (Lipinski definition) is 1. The van der Waals surface area contributed by atoms with E-state index in [1.807, 2.05) is 0 Å². The van der Waals surface area contributed by atoms with Crippen LogP contribution in [0.2, 0.25) is 0 Å². The summed E-state index contributed by atoms with van der Waals surface area (Å²) in [6, 6.07) is 0. The lowest BCUT2D eigenvalue weighted by atomic mass is 10.3. The average Bonchev–Trinajstić information content (AvgIpc) is 2.92. The van der Waals surface area contributed by atoms with Crippen LogP contribution in [0.3, 0.4) is 0 Å².